The lowest BCUT2D eigenvalue weighted by molar-refractivity contribution is 1.07. The van der Waals surface area contributed by atoms with Gasteiger partial charge in [0.2, 0.25) is 0 Å². The number of hydrogen-bond acceptors (Lipinski definition) is 10. The molecule has 0 amide bonds. The van der Waals surface area contributed by atoms with Gasteiger partial charge in [0, 0.05) is 55.3 Å². The highest BCUT2D eigenvalue weighted by molar-refractivity contribution is 7.22. The molecule has 0 aliphatic rings. The summed E-state index contributed by atoms with van der Waals surface area (Å²) in [4.78, 5) is 41.8. The second kappa shape index (κ2) is 21.3. The van der Waals surface area contributed by atoms with E-state index in [-0.39, 0.29) is 0 Å². The van der Waals surface area contributed by atoms with Crippen molar-refractivity contribution in [2.45, 2.75) is 0 Å². The summed E-state index contributed by atoms with van der Waals surface area (Å²) in [5.74, 6) is 3.68. The minimum absolute atomic E-state index is 0.592. The first-order chi connectivity index (χ1) is 43.6. The molecule has 13 aromatic carbocycles. The van der Waals surface area contributed by atoms with Crippen LogP contribution in [0.2, 0.25) is 0 Å². The van der Waals surface area contributed by atoms with Gasteiger partial charge in [0.25, 0.3) is 0 Å². The van der Waals surface area contributed by atoms with Crippen LogP contribution in [0.4, 0.5) is 0 Å². The zero-order valence-electron chi connectivity index (χ0n) is 47.0. The Bertz CT molecular complexity index is 5490. The first-order valence-electron chi connectivity index (χ1n) is 29.1. The van der Waals surface area contributed by atoms with E-state index in [0.29, 0.717) is 34.9 Å². The second-order valence-corrected chi connectivity index (χ2v) is 23.9. The van der Waals surface area contributed by atoms with Crippen molar-refractivity contribution in [3.63, 3.8) is 0 Å². The van der Waals surface area contributed by atoms with Crippen molar-refractivity contribution in [1.82, 2.24) is 39.9 Å². The van der Waals surface area contributed by atoms with Crippen LogP contribution in [0.3, 0.4) is 0 Å². The third-order valence-corrected chi connectivity index (χ3v) is 18.5. The Morgan fingerprint density at radius 1 is 0.205 bits per heavy atom. The lowest BCUT2D eigenvalue weighted by atomic mass is 9.91. The normalized spacial score (nSPS) is 11.6. The molecule has 0 atom stereocenters. The van der Waals surface area contributed by atoms with Gasteiger partial charge in [-0.25, -0.2) is 39.9 Å². The Balaban J connectivity index is 0.788. The standard InChI is InChI=1S/C78H46N8S2/c1-6-19-47(20-7-1)54-29-18-30-56(43-54)74-82-71(49-21-8-2-9-22-49)83-75(84-74)57-37-39-59-58(44-57)46-63(62-40-42-66-70(68(59)62)80-77(88-66)52-27-14-5-15-28-52)48-33-35-53(36-34-48)78-79-69-65(87-78)41-38-55-45-64(60-31-16-17-32-61(60)67(55)69)76-85-72(50-23-10-3-11-24-50)81-73(86-76)51-25-12-4-13-26-51/h1-46H. The molecule has 17 aromatic rings. The number of aromatic nitrogens is 8. The molecule has 4 aromatic heterocycles. The first kappa shape index (κ1) is 51.1. The summed E-state index contributed by atoms with van der Waals surface area (Å²) in [6.45, 7) is 0. The summed E-state index contributed by atoms with van der Waals surface area (Å²) < 4.78 is 2.24. The maximum absolute atomic E-state index is 5.49. The molecular formula is C78H46N8S2. The van der Waals surface area contributed by atoms with E-state index in [4.69, 9.17) is 39.9 Å². The zero-order valence-corrected chi connectivity index (χ0v) is 48.6. The van der Waals surface area contributed by atoms with Crippen molar-refractivity contribution in [1.29, 1.82) is 0 Å². The van der Waals surface area contributed by atoms with Gasteiger partial charge in [0.15, 0.2) is 34.9 Å². The molecule has 88 heavy (non-hydrogen) atoms. The molecule has 0 aliphatic carbocycles. The average Bonchev–Trinajstić information content (AvgIpc) is 1.42. The third-order valence-electron chi connectivity index (χ3n) is 16.4. The van der Waals surface area contributed by atoms with Gasteiger partial charge in [0.1, 0.15) is 10.0 Å². The molecule has 0 saturated carbocycles. The van der Waals surface area contributed by atoms with Gasteiger partial charge < -0.3 is 0 Å². The van der Waals surface area contributed by atoms with Crippen molar-refractivity contribution in [3.8, 4) is 112 Å². The predicted octanol–water partition coefficient (Wildman–Crippen LogP) is 20.6. The molecule has 0 unspecified atom stereocenters. The highest BCUT2D eigenvalue weighted by Crippen LogP contribution is 2.45. The topological polar surface area (TPSA) is 103 Å². The smallest absolute Gasteiger partial charge is 0.164 e. The van der Waals surface area contributed by atoms with Crippen LogP contribution in [0.25, 0.3) is 175 Å². The molecule has 0 spiro atoms. The van der Waals surface area contributed by atoms with Crippen molar-refractivity contribution in [2.75, 3.05) is 0 Å². The molecule has 0 bridgehead atoms. The summed E-state index contributed by atoms with van der Waals surface area (Å²) in [5.41, 5.74) is 14.0. The Morgan fingerprint density at radius 2 is 0.614 bits per heavy atom. The quantitative estimate of drug-likeness (QED) is 0.125. The fourth-order valence-corrected chi connectivity index (χ4v) is 14.1. The molecule has 0 aliphatic heterocycles. The Kier molecular flexibility index (Phi) is 12.4. The van der Waals surface area contributed by atoms with E-state index in [2.05, 4.69) is 188 Å². The van der Waals surface area contributed by atoms with Crippen molar-refractivity contribution in [2.24, 2.45) is 0 Å². The van der Waals surface area contributed by atoms with Crippen molar-refractivity contribution in [3.05, 3.63) is 279 Å². The molecular weight excluding hydrogens is 1110 g/mol. The van der Waals surface area contributed by atoms with Crippen LogP contribution in [-0.2, 0) is 0 Å². The predicted molar refractivity (Wildman–Crippen MR) is 364 cm³/mol. The summed E-state index contributed by atoms with van der Waals surface area (Å²) in [7, 11) is 0. The molecule has 8 nitrogen and oxygen atoms in total. The molecule has 4 heterocycles. The van der Waals surface area contributed by atoms with Gasteiger partial charge in [-0.05, 0) is 91.0 Å². The summed E-state index contributed by atoms with van der Waals surface area (Å²) in [6.07, 6.45) is 0. The summed E-state index contributed by atoms with van der Waals surface area (Å²) in [6, 6.07) is 97.2. The largest absolute Gasteiger partial charge is 0.235 e. The highest BCUT2D eigenvalue weighted by atomic mass is 32.1. The van der Waals surface area contributed by atoms with Crippen LogP contribution in [-0.4, -0.2) is 39.9 Å². The van der Waals surface area contributed by atoms with E-state index in [1.807, 2.05) is 91.0 Å². The number of thiazole rings is 2. The maximum atomic E-state index is 5.49. The van der Waals surface area contributed by atoms with Gasteiger partial charge in [-0.15, -0.1) is 22.7 Å². The van der Waals surface area contributed by atoms with Crippen LogP contribution in [0.15, 0.2) is 279 Å². The molecule has 17 rings (SSSR count). The van der Waals surface area contributed by atoms with E-state index in [1.165, 1.54) is 0 Å². The van der Waals surface area contributed by atoms with Crippen molar-refractivity contribution >= 4 is 86.2 Å². The highest BCUT2D eigenvalue weighted by Gasteiger charge is 2.22. The van der Waals surface area contributed by atoms with Crippen molar-refractivity contribution < 1.29 is 0 Å². The van der Waals surface area contributed by atoms with Gasteiger partial charge in [-0.3, -0.25) is 0 Å². The second-order valence-electron chi connectivity index (χ2n) is 21.8. The van der Waals surface area contributed by atoms with Gasteiger partial charge in [-0.2, -0.15) is 0 Å². The van der Waals surface area contributed by atoms with Crippen LogP contribution >= 0.6 is 22.7 Å². The zero-order chi connectivity index (χ0) is 58.1. The first-order valence-corrected chi connectivity index (χ1v) is 30.8. The average molecular weight is 1160 g/mol. The van der Waals surface area contributed by atoms with Crippen LogP contribution in [0.1, 0.15) is 0 Å². The lowest BCUT2D eigenvalue weighted by Gasteiger charge is -2.14. The van der Waals surface area contributed by atoms with E-state index in [1.54, 1.807) is 22.7 Å². The monoisotopic (exact) mass is 1160 g/mol. The third kappa shape index (κ3) is 9.14. The molecule has 0 saturated heterocycles. The minimum atomic E-state index is 0.592. The Hall–Kier alpha value is -11.3. The van der Waals surface area contributed by atoms with Gasteiger partial charge >= 0.3 is 0 Å². The lowest BCUT2D eigenvalue weighted by Crippen LogP contribution is -2.00. The molecule has 0 fully saturated rings. The molecule has 0 radical (unpaired) electrons. The Labute approximate surface area is 513 Å². The van der Waals surface area contributed by atoms with Crippen LogP contribution < -0.4 is 0 Å². The number of benzene rings is 13. The van der Waals surface area contributed by atoms with E-state index in [9.17, 15) is 0 Å². The van der Waals surface area contributed by atoms with Crippen LogP contribution in [0, 0.1) is 0 Å². The molecule has 0 N–H and O–H groups in total. The SMILES string of the molecule is c1ccc(-c2cccc(-c3nc(-c4ccccc4)nc(-c4ccc5c(c4)cc(-c4ccc(-c6nc7c(ccc8cc(-c9nc(-c%10ccccc%10)nc(-c%10ccccc%10)n9)c9ccccc9c87)s6)cc4)c4ccc6sc(-c7ccccc7)nc6c45)n3)c2)cc1. The molecule has 10 heteroatoms. The fraction of sp³-hybridized carbons (Fsp3) is 0. The van der Waals surface area contributed by atoms with Crippen LogP contribution in [0.5, 0.6) is 0 Å². The number of rotatable bonds is 10. The minimum Gasteiger partial charge on any atom is -0.235 e. The number of nitrogens with zero attached hydrogens (tertiary/aromatic N) is 8. The number of fused-ring (bicyclic) bond motifs is 10. The maximum Gasteiger partial charge on any atom is 0.164 e. The fourth-order valence-electron chi connectivity index (χ4n) is 12.1. The number of hydrogen-bond donors (Lipinski definition) is 0. The van der Waals surface area contributed by atoms with Gasteiger partial charge in [-0.1, -0.05) is 243 Å². The van der Waals surface area contributed by atoms with E-state index >= 15 is 0 Å². The van der Waals surface area contributed by atoms with E-state index in [0.717, 1.165) is 140 Å². The Morgan fingerprint density at radius 3 is 1.20 bits per heavy atom. The summed E-state index contributed by atoms with van der Waals surface area (Å²) >= 11 is 3.44. The van der Waals surface area contributed by atoms with E-state index < -0.39 is 0 Å². The summed E-state index contributed by atoms with van der Waals surface area (Å²) in [5, 5.41) is 10.6. The molecule has 410 valence electrons. The van der Waals surface area contributed by atoms with Gasteiger partial charge in [0.05, 0.1) is 20.4 Å².